The quantitative estimate of drug-likeness (QED) is 0.622. The normalized spacial score (nSPS) is 22.8. The first-order valence-electron chi connectivity index (χ1n) is 10.3. The van der Waals surface area contributed by atoms with Crippen LogP contribution in [0.15, 0.2) is 36.7 Å². The number of aromatic nitrogens is 3. The Labute approximate surface area is 172 Å². The molecule has 8 heteroatoms. The lowest BCUT2D eigenvalue weighted by atomic mass is 9.71. The van der Waals surface area contributed by atoms with Crippen LogP contribution in [0.25, 0.3) is 11.0 Å². The van der Waals surface area contributed by atoms with Gasteiger partial charge in [0.05, 0.1) is 11.4 Å². The first kappa shape index (κ1) is 19.4. The predicted molar refractivity (Wildman–Crippen MR) is 107 cm³/mol. The summed E-state index contributed by atoms with van der Waals surface area (Å²) >= 11 is 0. The van der Waals surface area contributed by atoms with Gasteiger partial charge < -0.3 is 15.0 Å². The van der Waals surface area contributed by atoms with Gasteiger partial charge in [-0.1, -0.05) is 24.3 Å². The van der Waals surface area contributed by atoms with E-state index in [1.54, 1.807) is 0 Å². The molecule has 2 atom stereocenters. The highest BCUT2D eigenvalue weighted by Gasteiger charge is 2.37. The number of fused-ring (bicyclic) bond motifs is 2. The molecule has 0 radical (unpaired) electrons. The van der Waals surface area contributed by atoms with Gasteiger partial charge in [-0.3, -0.25) is 0 Å². The third-order valence-electron chi connectivity index (χ3n) is 6.46. The van der Waals surface area contributed by atoms with Gasteiger partial charge in [-0.25, -0.2) is 9.97 Å². The molecule has 1 aromatic carbocycles. The molecule has 0 unspecified atom stereocenters. The van der Waals surface area contributed by atoms with Crippen molar-refractivity contribution < 1.29 is 17.9 Å². The Bertz CT molecular complexity index is 1040. The van der Waals surface area contributed by atoms with Gasteiger partial charge in [-0.05, 0) is 54.7 Å². The van der Waals surface area contributed by atoms with Gasteiger partial charge in [0.1, 0.15) is 23.5 Å². The number of nitrogens with one attached hydrogen (secondary N) is 2. The first-order valence-corrected chi connectivity index (χ1v) is 10.3. The second-order valence-corrected chi connectivity index (χ2v) is 8.14. The summed E-state index contributed by atoms with van der Waals surface area (Å²) in [5, 5.41) is 3.87. The molecule has 0 bridgehead atoms. The van der Waals surface area contributed by atoms with Crippen molar-refractivity contribution in [1.29, 1.82) is 0 Å². The van der Waals surface area contributed by atoms with E-state index in [0.29, 0.717) is 23.0 Å². The van der Waals surface area contributed by atoms with Gasteiger partial charge in [0.2, 0.25) is 0 Å². The van der Waals surface area contributed by atoms with Crippen molar-refractivity contribution in [1.82, 2.24) is 15.0 Å². The molecule has 3 aromatic rings. The van der Waals surface area contributed by atoms with E-state index in [1.165, 1.54) is 17.5 Å². The minimum absolute atomic E-state index is 0.0135. The van der Waals surface area contributed by atoms with E-state index in [9.17, 15) is 13.2 Å². The molecule has 5 rings (SSSR count). The van der Waals surface area contributed by atoms with E-state index in [1.807, 2.05) is 12.1 Å². The summed E-state index contributed by atoms with van der Waals surface area (Å²) < 4.78 is 45.2. The largest absolute Gasteiger partial charge is 0.431 e. The summed E-state index contributed by atoms with van der Waals surface area (Å²) in [6, 6.07) is 9.39. The number of nitrogens with zero attached hydrogens (tertiary/aromatic N) is 2. The topological polar surface area (TPSA) is 62.8 Å². The zero-order valence-corrected chi connectivity index (χ0v) is 16.4. The predicted octanol–water partition coefficient (Wildman–Crippen LogP) is 5.12. The summed E-state index contributed by atoms with van der Waals surface area (Å²) in [6.07, 6.45) is 0.908. The number of ether oxygens (including phenoxy) is 1. The molecule has 1 fully saturated rings. The van der Waals surface area contributed by atoms with Crippen LogP contribution >= 0.6 is 0 Å². The summed E-state index contributed by atoms with van der Waals surface area (Å²) in [7, 11) is 0. The van der Waals surface area contributed by atoms with Crippen molar-refractivity contribution in [3.8, 4) is 0 Å². The maximum Gasteiger partial charge on any atom is 0.431 e. The van der Waals surface area contributed by atoms with Gasteiger partial charge in [-0.15, -0.1) is 0 Å². The van der Waals surface area contributed by atoms with E-state index in [2.05, 4.69) is 32.4 Å². The van der Waals surface area contributed by atoms with Gasteiger partial charge >= 0.3 is 6.18 Å². The van der Waals surface area contributed by atoms with E-state index >= 15 is 0 Å². The molecule has 0 spiro atoms. The maximum absolute atomic E-state index is 13.2. The SMILES string of the molecule is FC(F)(F)c1cc2c(N[C@@H]3c4ccccc4CC[C@H]3C3CCOCC3)ncnc2[nH]1. The Kier molecular flexibility index (Phi) is 4.89. The number of rotatable bonds is 3. The summed E-state index contributed by atoms with van der Waals surface area (Å²) in [5.41, 5.74) is 1.87. The molecule has 2 aromatic heterocycles. The molecule has 0 saturated carbocycles. The number of anilines is 1. The summed E-state index contributed by atoms with van der Waals surface area (Å²) in [5.74, 6) is 1.32. The van der Waals surface area contributed by atoms with E-state index in [-0.39, 0.29) is 11.7 Å². The molecule has 30 heavy (non-hydrogen) atoms. The van der Waals surface area contributed by atoms with Crippen LogP contribution in [0.5, 0.6) is 0 Å². The highest BCUT2D eigenvalue weighted by Crippen LogP contribution is 2.44. The molecule has 0 amide bonds. The van der Waals surface area contributed by atoms with Crippen LogP contribution in [0.3, 0.4) is 0 Å². The van der Waals surface area contributed by atoms with Crippen molar-refractivity contribution in [3.05, 3.63) is 53.5 Å². The first-order chi connectivity index (χ1) is 14.5. The van der Waals surface area contributed by atoms with Gasteiger partial charge in [0, 0.05) is 13.2 Å². The van der Waals surface area contributed by atoms with Gasteiger partial charge in [0.15, 0.2) is 0 Å². The molecule has 1 aliphatic carbocycles. The zero-order chi connectivity index (χ0) is 20.7. The van der Waals surface area contributed by atoms with Crippen molar-refractivity contribution in [3.63, 3.8) is 0 Å². The second kappa shape index (κ2) is 7.58. The smallest absolute Gasteiger partial charge is 0.381 e. The number of H-pyrrole nitrogens is 1. The Morgan fingerprint density at radius 2 is 1.87 bits per heavy atom. The molecule has 2 N–H and O–H groups in total. The molecule has 5 nitrogen and oxygen atoms in total. The van der Waals surface area contributed by atoms with Crippen molar-refractivity contribution in [2.45, 2.75) is 37.9 Å². The summed E-state index contributed by atoms with van der Waals surface area (Å²) in [4.78, 5) is 10.7. The van der Waals surface area contributed by atoms with E-state index in [0.717, 1.165) is 45.0 Å². The number of hydrogen-bond donors (Lipinski definition) is 2. The third-order valence-corrected chi connectivity index (χ3v) is 6.46. The number of aryl methyl sites for hydroxylation is 1. The fraction of sp³-hybridized carbons (Fsp3) is 0.455. The Morgan fingerprint density at radius 1 is 1.07 bits per heavy atom. The van der Waals surface area contributed by atoms with Crippen LogP contribution in [-0.2, 0) is 17.3 Å². The number of hydrogen-bond acceptors (Lipinski definition) is 4. The molecular formula is C22H23F3N4O. The van der Waals surface area contributed by atoms with Crippen LogP contribution < -0.4 is 5.32 Å². The lowest BCUT2D eigenvalue weighted by molar-refractivity contribution is -0.140. The van der Waals surface area contributed by atoms with E-state index in [4.69, 9.17) is 4.74 Å². The Balaban J connectivity index is 1.54. The Hall–Kier alpha value is -2.61. The lowest BCUT2D eigenvalue weighted by Gasteiger charge is -2.40. The molecule has 2 aliphatic rings. The lowest BCUT2D eigenvalue weighted by Crippen LogP contribution is -2.35. The fourth-order valence-corrected chi connectivity index (χ4v) is 4.98. The van der Waals surface area contributed by atoms with Crippen LogP contribution in [-0.4, -0.2) is 28.2 Å². The zero-order valence-electron chi connectivity index (χ0n) is 16.4. The highest BCUT2D eigenvalue weighted by atomic mass is 19.4. The van der Waals surface area contributed by atoms with Gasteiger partial charge in [0.25, 0.3) is 0 Å². The number of aromatic amines is 1. The molecule has 158 valence electrons. The van der Waals surface area contributed by atoms with Crippen molar-refractivity contribution in [2.75, 3.05) is 18.5 Å². The van der Waals surface area contributed by atoms with Gasteiger partial charge in [-0.2, -0.15) is 13.2 Å². The van der Waals surface area contributed by atoms with Crippen LogP contribution in [0.1, 0.15) is 42.1 Å². The minimum atomic E-state index is -4.46. The van der Waals surface area contributed by atoms with Crippen LogP contribution in [0.4, 0.5) is 19.0 Å². The fourth-order valence-electron chi connectivity index (χ4n) is 4.98. The van der Waals surface area contributed by atoms with E-state index < -0.39 is 11.9 Å². The molecule has 1 saturated heterocycles. The van der Waals surface area contributed by atoms with Crippen LogP contribution in [0, 0.1) is 11.8 Å². The average Bonchev–Trinajstić information content (AvgIpc) is 3.21. The number of alkyl halides is 3. The average molecular weight is 416 g/mol. The second-order valence-electron chi connectivity index (χ2n) is 8.14. The minimum Gasteiger partial charge on any atom is -0.381 e. The highest BCUT2D eigenvalue weighted by molar-refractivity contribution is 5.88. The summed E-state index contributed by atoms with van der Waals surface area (Å²) in [6.45, 7) is 1.53. The number of halogens is 3. The van der Waals surface area contributed by atoms with Crippen LogP contribution in [0.2, 0.25) is 0 Å². The van der Waals surface area contributed by atoms with Crippen molar-refractivity contribution in [2.24, 2.45) is 11.8 Å². The number of benzene rings is 1. The maximum atomic E-state index is 13.2. The standard InChI is InChI=1S/C22H23F3N4O/c23-22(24,25)18-11-17-20(28-18)26-12-27-21(17)29-19-15-4-2-1-3-13(15)5-6-16(19)14-7-9-30-10-8-14/h1-4,11-12,14,16,19H,5-10H2,(H2,26,27,28,29)/t16-,19+/m0/s1. The molecule has 3 heterocycles. The monoisotopic (exact) mass is 416 g/mol. The molecular weight excluding hydrogens is 393 g/mol. The third kappa shape index (κ3) is 3.53. The van der Waals surface area contributed by atoms with Crippen molar-refractivity contribution >= 4 is 16.9 Å². The Morgan fingerprint density at radius 3 is 2.67 bits per heavy atom. The molecule has 1 aliphatic heterocycles.